The van der Waals surface area contributed by atoms with Crippen LogP contribution in [0, 0.1) is 0 Å². The lowest BCUT2D eigenvalue weighted by Gasteiger charge is -1.82. The van der Waals surface area contributed by atoms with Crippen LogP contribution < -0.4 is 11.1 Å². The predicted molar refractivity (Wildman–Crippen MR) is 48.7 cm³/mol. The second-order valence-electron chi connectivity index (χ2n) is 2.80. The van der Waals surface area contributed by atoms with E-state index in [0.29, 0.717) is 9.69 Å². The van der Waals surface area contributed by atoms with E-state index in [4.69, 9.17) is 10.4 Å². The molecule has 0 unspecified atom stereocenters. The highest BCUT2D eigenvalue weighted by molar-refractivity contribution is 5.33. The van der Waals surface area contributed by atoms with Crippen LogP contribution in [0.15, 0.2) is 32.2 Å². The maximum atomic E-state index is 11.0. The van der Waals surface area contributed by atoms with Crippen LogP contribution in [0.5, 0.6) is 0 Å². The molecule has 16 heavy (non-hydrogen) atoms. The monoisotopic (exact) mass is 226 g/mol. The first-order valence-electron chi connectivity index (χ1n) is 4.00. The molecule has 2 heterocycles. The van der Waals surface area contributed by atoms with Gasteiger partial charge in [0, 0.05) is 0 Å². The molecule has 2 rings (SSSR count). The third-order valence-corrected chi connectivity index (χ3v) is 1.65. The fourth-order valence-electron chi connectivity index (χ4n) is 0.986. The zero-order valence-electron chi connectivity index (χ0n) is 7.65. The van der Waals surface area contributed by atoms with Gasteiger partial charge in [0.25, 0.3) is 11.1 Å². The van der Waals surface area contributed by atoms with E-state index in [2.05, 4.69) is 10.2 Å². The summed E-state index contributed by atoms with van der Waals surface area (Å²) in [5.41, 5.74) is -1.67. The molecule has 10 heteroatoms. The third kappa shape index (κ3) is 1.70. The maximum absolute atomic E-state index is 11.0. The van der Waals surface area contributed by atoms with Crippen molar-refractivity contribution in [2.24, 2.45) is 10.2 Å². The van der Waals surface area contributed by atoms with E-state index < -0.39 is 11.1 Å². The lowest BCUT2D eigenvalue weighted by molar-refractivity contribution is 0.147. The minimum Gasteiger partial charge on any atom is -0.413 e. The highest BCUT2D eigenvalue weighted by atomic mass is 16.5. The highest BCUT2D eigenvalue weighted by Crippen LogP contribution is 2.09. The summed E-state index contributed by atoms with van der Waals surface area (Å²) in [5, 5.41) is 28.5. The quantitative estimate of drug-likeness (QED) is 0.406. The second-order valence-corrected chi connectivity index (χ2v) is 2.80. The smallest absolute Gasteiger partial charge is 0.294 e. The third-order valence-electron chi connectivity index (χ3n) is 1.65. The molecule has 0 atom stereocenters. The minimum absolute atomic E-state index is 0.174. The van der Waals surface area contributed by atoms with Crippen molar-refractivity contribution >= 4 is 11.4 Å². The summed E-state index contributed by atoms with van der Waals surface area (Å²) in [7, 11) is 0. The highest BCUT2D eigenvalue weighted by Gasteiger charge is 2.04. The minimum atomic E-state index is -0.661. The Morgan fingerprint density at radius 1 is 0.938 bits per heavy atom. The maximum Gasteiger partial charge on any atom is 0.294 e. The first kappa shape index (κ1) is 9.76. The molecule has 0 aliphatic heterocycles. The van der Waals surface area contributed by atoms with E-state index in [9.17, 15) is 9.59 Å². The SMILES string of the molecule is O=c1[nH]n(O)cc1N=Nc1cn(O)[nH]c1=O. The van der Waals surface area contributed by atoms with Gasteiger partial charge in [-0.2, -0.15) is 0 Å². The van der Waals surface area contributed by atoms with Gasteiger partial charge < -0.3 is 10.4 Å². The van der Waals surface area contributed by atoms with Gasteiger partial charge in [-0.1, -0.05) is 0 Å². The average Bonchev–Trinajstić information content (AvgIpc) is 2.66. The molecule has 0 aliphatic rings. The molecule has 4 N–H and O–H groups in total. The summed E-state index contributed by atoms with van der Waals surface area (Å²) in [4.78, 5) is 22.9. The van der Waals surface area contributed by atoms with Gasteiger partial charge >= 0.3 is 0 Å². The van der Waals surface area contributed by atoms with Gasteiger partial charge in [-0.15, -0.1) is 19.9 Å². The Morgan fingerprint density at radius 2 is 1.31 bits per heavy atom. The van der Waals surface area contributed by atoms with Crippen LogP contribution in [0.25, 0.3) is 0 Å². The summed E-state index contributed by atoms with van der Waals surface area (Å²) in [6.07, 6.45) is 1.96. The van der Waals surface area contributed by atoms with E-state index >= 15 is 0 Å². The Morgan fingerprint density at radius 3 is 1.56 bits per heavy atom. The molecule has 0 spiro atoms. The van der Waals surface area contributed by atoms with Crippen molar-refractivity contribution < 1.29 is 10.4 Å². The zero-order valence-corrected chi connectivity index (χ0v) is 7.65. The number of hydrogen-bond donors (Lipinski definition) is 4. The van der Waals surface area contributed by atoms with Crippen molar-refractivity contribution in [3.63, 3.8) is 0 Å². The number of nitrogens with zero attached hydrogens (tertiary/aromatic N) is 4. The number of aromatic amines is 2. The van der Waals surface area contributed by atoms with E-state index in [-0.39, 0.29) is 11.4 Å². The van der Waals surface area contributed by atoms with Crippen LogP contribution >= 0.6 is 0 Å². The summed E-state index contributed by atoms with van der Waals surface area (Å²) in [5.74, 6) is 0. The molecule has 2 aromatic heterocycles. The van der Waals surface area contributed by atoms with Crippen LogP contribution in [0.4, 0.5) is 11.4 Å². The number of aromatic nitrogens is 4. The molecule has 0 bridgehead atoms. The summed E-state index contributed by atoms with van der Waals surface area (Å²) in [6.45, 7) is 0. The van der Waals surface area contributed by atoms with E-state index in [0.717, 1.165) is 12.4 Å². The molecule has 0 saturated heterocycles. The summed E-state index contributed by atoms with van der Waals surface area (Å²) in [6, 6.07) is 0. The largest absolute Gasteiger partial charge is 0.413 e. The lowest BCUT2D eigenvalue weighted by atomic mass is 10.6. The molecule has 10 nitrogen and oxygen atoms in total. The number of H-pyrrole nitrogens is 2. The molecular formula is C6H6N6O4. The molecule has 0 saturated carbocycles. The molecule has 0 aromatic carbocycles. The van der Waals surface area contributed by atoms with Crippen molar-refractivity contribution in [3.05, 3.63) is 33.1 Å². The lowest BCUT2D eigenvalue weighted by Crippen LogP contribution is -2.02. The standard InChI is InChI=1S/C6H6N6O4/c13-5-3(1-11(15)9-5)7-8-4-2-12(16)10-6(4)14/h1-2,15-16H,(H,9,13)(H,10,14). The van der Waals surface area contributed by atoms with E-state index in [1.54, 1.807) is 0 Å². The number of nitrogens with one attached hydrogen (secondary N) is 2. The van der Waals surface area contributed by atoms with Crippen molar-refractivity contribution in [1.29, 1.82) is 0 Å². The Hall–Kier alpha value is -2.78. The van der Waals surface area contributed by atoms with Gasteiger partial charge in [-0.3, -0.25) is 9.59 Å². The number of hydrogen-bond acceptors (Lipinski definition) is 6. The first-order chi connectivity index (χ1) is 7.56. The molecular weight excluding hydrogens is 220 g/mol. The molecule has 0 amide bonds. The summed E-state index contributed by atoms with van der Waals surface area (Å²) < 4.78 is 0. The van der Waals surface area contributed by atoms with Gasteiger partial charge in [0.2, 0.25) is 0 Å². The van der Waals surface area contributed by atoms with Crippen LogP contribution in [-0.2, 0) is 0 Å². The topological polar surface area (TPSA) is 141 Å². The van der Waals surface area contributed by atoms with Crippen molar-refractivity contribution in [1.82, 2.24) is 19.9 Å². The molecule has 2 aromatic rings. The Balaban J connectivity index is 2.35. The number of rotatable bonds is 2. The van der Waals surface area contributed by atoms with Gasteiger partial charge in [0.15, 0.2) is 11.4 Å². The van der Waals surface area contributed by atoms with Crippen molar-refractivity contribution in [3.8, 4) is 0 Å². The molecule has 0 radical (unpaired) electrons. The molecule has 0 aliphatic carbocycles. The normalized spacial score (nSPS) is 11.2. The van der Waals surface area contributed by atoms with Crippen LogP contribution in [0.1, 0.15) is 0 Å². The Kier molecular flexibility index (Phi) is 2.08. The van der Waals surface area contributed by atoms with Gasteiger partial charge in [0.1, 0.15) is 0 Å². The van der Waals surface area contributed by atoms with Crippen LogP contribution in [0.3, 0.4) is 0 Å². The van der Waals surface area contributed by atoms with Crippen molar-refractivity contribution in [2.45, 2.75) is 0 Å². The predicted octanol–water partition coefficient (Wildman–Crippen LogP) is -0.444. The fourth-order valence-corrected chi connectivity index (χ4v) is 0.986. The van der Waals surface area contributed by atoms with E-state index in [1.807, 2.05) is 10.2 Å². The fraction of sp³-hybridized carbons (Fsp3) is 0. The van der Waals surface area contributed by atoms with Crippen LogP contribution in [-0.4, -0.2) is 30.3 Å². The first-order valence-corrected chi connectivity index (χ1v) is 4.00. The second kappa shape index (κ2) is 3.42. The van der Waals surface area contributed by atoms with E-state index in [1.165, 1.54) is 0 Å². The van der Waals surface area contributed by atoms with Gasteiger partial charge in [-0.25, -0.2) is 10.2 Å². The Bertz CT molecular complexity index is 586. The molecule has 84 valence electrons. The average molecular weight is 226 g/mol. The van der Waals surface area contributed by atoms with Gasteiger partial charge in [-0.05, 0) is 0 Å². The Labute approximate surface area is 86.0 Å². The van der Waals surface area contributed by atoms with Gasteiger partial charge in [0.05, 0.1) is 12.4 Å². The zero-order chi connectivity index (χ0) is 11.7. The van der Waals surface area contributed by atoms with Crippen LogP contribution in [0.2, 0.25) is 0 Å². The molecule has 0 fully saturated rings. The van der Waals surface area contributed by atoms with Crippen molar-refractivity contribution in [2.75, 3.05) is 0 Å². The summed E-state index contributed by atoms with van der Waals surface area (Å²) >= 11 is 0. The number of azo groups is 1.